The molecule has 0 aromatic heterocycles. The minimum absolute atomic E-state index is 0.151. The van der Waals surface area contributed by atoms with E-state index in [0.29, 0.717) is 12.8 Å². The lowest BCUT2D eigenvalue weighted by molar-refractivity contribution is 0.239. The molecule has 0 saturated carbocycles. The Morgan fingerprint density at radius 3 is 2.27 bits per heavy atom. The predicted octanol–water partition coefficient (Wildman–Crippen LogP) is 1.88. The Kier molecular flexibility index (Phi) is 4.36. The second-order valence-corrected chi connectivity index (χ2v) is 6.25. The molecule has 1 rings (SSSR count). The molecule has 1 aliphatic rings. The molecule has 0 bridgehead atoms. The van der Waals surface area contributed by atoms with Gasteiger partial charge in [0.25, 0.3) is 0 Å². The first kappa shape index (κ1) is 13.2. The molecule has 0 aliphatic carbocycles. The van der Waals surface area contributed by atoms with Gasteiger partial charge in [-0.25, -0.2) is 5.32 Å². The van der Waals surface area contributed by atoms with E-state index in [4.69, 9.17) is 0 Å². The van der Waals surface area contributed by atoms with Crippen molar-refractivity contribution in [1.29, 1.82) is 0 Å². The van der Waals surface area contributed by atoms with Crippen LogP contribution in [0, 0.1) is 0 Å². The molecule has 5 heteroatoms. The molecule has 15 heavy (non-hydrogen) atoms. The van der Waals surface area contributed by atoms with Crippen LogP contribution in [0.15, 0.2) is 0 Å². The lowest BCUT2D eigenvalue weighted by Gasteiger charge is -2.41. The lowest BCUT2D eigenvalue weighted by atomic mass is 9.87. The quantitative estimate of drug-likeness (QED) is 0.729. The monoisotopic (exact) mass is 234 g/mol. The van der Waals surface area contributed by atoms with Crippen LogP contribution in [0.2, 0.25) is 0 Å². The van der Waals surface area contributed by atoms with E-state index in [1.54, 1.807) is 0 Å². The van der Waals surface area contributed by atoms with Crippen molar-refractivity contribution in [3.05, 3.63) is 0 Å². The maximum Gasteiger partial charge on any atom is 0.333 e. The number of hydrogen-bond acceptors (Lipinski definition) is 1. The fraction of sp³-hybridized carbons (Fsp3) is 1.00. The van der Waals surface area contributed by atoms with E-state index in [9.17, 15) is 14.4 Å². The second kappa shape index (κ2) is 4.96. The van der Waals surface area contributed by atoms with Gasteiger partial charge in [0.05, 0.1) is 5.16 Å². The van der Waals surface area contributed by atoms with Crippen LogP contribution < -0.4 is 5.32 Å². The smallest absolute Gasteiger partial charge is 0.324 e. The molecule has 1 saturated heterocycles. The van der Waals surface area contributed by atoms with E-state index in [2.05, 4.69) is 5.32 Å². The number of hydrogen-bond donors (Lipinski definition) is 2. The van der Waals surface area contributed by atoms with Crippen molar-refractivity contribution in [2.75, 3.05) is 6.54 Å². The van der Waals surface area contributed by atoms with Crippen molar-refractivity contribution in [2.45, 2.75) is 57.1 Å². The number of piperidine rings is 1. The van der Waals surface area contributed by atoms with Gasteiger partial charge in [-0.1, -0.05) is 20.3 Å². The first-order valence-corrected chi connectivity index (χ1v) is 7.31. The van der Waals surface area contributed by atoms with Gasteiger partial charge in [-0.3, -0.25) is 4.57 Å². The van der Waals surface area contributed by atoms with Gasteiger partial charge in [-0.05, 0) is 25.7 Å². The standard InChI is InChI=1S/C10H21NO3P/c1-3-10(4-2,15(12,13)14)9-7-5-6-8-11-9/h9H,3-8H2,1-2H3,(H2,12,13,14). The zero-order valence-electron chi connectivity index (χ0n) is 9.52. The molecule has 89 valence electrons. The van der Waals surface area contributed by atoms with Crippen LogP contribution in [-0.2, 0) is 4.57 Å². The Balaban J connectivity index is 2.93. The second-order valence-electron chi connectivity index (χ2n) is 4.27. The highest BCUT2D eigenvalue weighted by Gasteiger charge is 2.50. The molecule has 4 nitrogen and oxygen atoms in total. The first-order chi connectivity index (χ1) is 6.98. The maximum absolute atomic E-state index is 11.6. The molecular formula is C10H21NO3P. The molecule has 0 amide bonds. The lowest BCUT2D eigenvalue weighted by Crippen LogP contribution is -2.48. The van der Waals surface area contributed by atoms with E-state index in [1.165, 1.54) is 0 Å². The van der Waals surface area contributed by atoms with Crippen molar-refractivity contribution >= 4 is 7.60 Å². The summed E-state index contributed by atoms with van der Waals surface area (Å²) in [6.45, 7) is 4.46. The molecular weight excluding hydrogens is 213 g/mol. The van der Waals surface area contributed by atoms with Crippen LogP contribution in [0.25, 0.3) is 0 Å². The molecule has 0 aromatic carbocycles. The highest BCUT2D eigenvalue weighted by Crippen LogP contribution is 2.57. The van der Waals surface area contributed by atoms with Crippen LogP contribution in [0.4, 0.5) is 0 Å². The average molecular weight is 234 g/mol. The minimum atomic E-state index is -4.07. The number of nitrogens with zero attached hydrogens (tertiary/aromatic N) is 1. The molecule has 1 fully saturated rings. The predicted molar refractivity (Wildman–Crippen MR) is 60.0 cm³/mol. The Morgan fingerprint density at radius 1 is 1.33 bits per heavy atom. The molecule has 1 heterocycles. The SMILES string of the molecule is CCC(CC)(C1CCCC[N]1)P(=O)(O)O. The summed E-state index contributed by atoms with van der Waals surface area (Å²) in [6, 6.07) is -0.151. The summed E-state index contributed by atoms with van der Waals surface area (Å²) in [7, 11) is -4.07. The highest BCUT2D eigenvalue weighted by atomic mass is 31.2. The van der Waals surface area contributed by atoms with Crippen LogP contribution in [0.3, 0.4) is 0 Å². The van der Waals surface area contributed by atoms with Crippen molar-refractivity contribution in [3.63, 3.8) is 0 Å². The van der Waals surface area contributed by atoms with Gasteiger partial charge in [-0.2, -0.15) is 0 Å². The topological polar surface area (TPSA) is 71.6 Å². The zero-order valence-corrected chi connectivity index (χ0v) is 10.4. The van der Waals surface area contributed by atoms with E-state index < -0.39 is 12.8 Å². The molecule has 2 N–H and O–H groups in total. The van der Waals surface area contributed by atoms with Crippen molar-refractivity contribution in [3.8, 4) is 0 Å². The van der Waals surface area contributed by atoms with Gasteiger partial charge in [0.1, 0.15) is 0 Å². The van der Waals surface area contributed by atoms with E-state index in [0.717, 1.165) is 25.8 Å². The Hall–Kier alpha value is 0.110. The minimum Gasteiger partial charge on any atom is -0.324 e. The highest BCUT2D eigenvalue weighted by molar-refractivity contribution is 7.53. The maximum atomic E-state index is 11.6. The molecule has 0 aromatic rings. The molecule has 0 spiro atoms. The summed E-state index contributed by atoms with van der Waals surface area (Å²) in [5, 5.41) is 3.51. The van der Waals surface area contributed by atoms with Gasteiger partial charge < -0.3 is 9.79 Å². The summed E-state index contributed by atoms with van der Waals surface area (Å²) in [5.41, 5.74) is 0. The summed E-state index contributed by atoms with van der Waals surface area (Å²) in [6.07, 6.45) is 3.92. The van der Waals surface area contributed by atoms with Crippen molar-refractivity contribution in [2.24, 2.45) is 0 Å². The summed E-state index contributed by atoms with van der Waals surface area (Å²) < 4.78 is 11.6. The van der Waals surface area contributed by atoms with E-state index >= 15 is 0 Å². The fourth-order valence-corrected chi connectivity index (χ4v) is 3.98. The largest absolute Gasteiger partial charge is 0.333 e. The number of rotatable bonds is 4. The van der Waals surface area contributed by atoms with Gasteiger partial charge in [0.15, 0.2) is 0 Å². The van der Waals surface area contributed by atoms with Crippen molar-refractivity contribution < 1.29 is 14.4 Å². The molecule has 1 radical (unpaired) electrons. The molecule has 1 unspecified atom stereocenters. The first-order valence-electron chi connectivity index (χ1n) is 5.70. The van der Waals surface area contributed by atoms with Gasteiger partial charge in [0, 0.05) is 12.6 Å². The Bertz CT molecular complexity index is 241. The average Bonchev–Trinajstić information content (AvgIpc) is 2.20. The third kappa shape index (κ3) is 2.44. The fourth-order valence-electron chi connectivity index (χ4n) is 2.55. The Morgan fingerprint density at radius 2 is 1.93 bits per heavy atom. The Labute approximate surface area is 91.6 Å². The molecule has 1 atom stereocenters. The van der Waals surface area contributed by atoms with Crippen LogP contribution in [0.5, 0.6) is 0 Å². The normalized spacial score (nSPS) is 24.1. The zero-order chi connectivity index (χ0) is 11.5. The summed E-state index contributed by atoms with van der Waals surface area (Å²) in [5.74, 6) is 0. The van der Waals surface area contributed by atoms with Crippen LogP contribution >= 0.6 is 7.60 Å². The third-order valence-corrected chi connectivity index (χ3v) is 5.75. The van der Waals surface area contributed by atoms with E-state index in [1.807, 2.05) is 13.8 Å². The van der Waals surface area contributed by atoms with Crippen LogP contribution in [0.1, 0.15) is 46.0 Å². The van der Waals surface area contributed by atoms with Crippen LogP contribution in [-0.4, -0.2) is 27.5 Å². The molecule has 1 aliphatic heterocycles. The van der Waals surface area contributed by atoms with Gasteiger partial charge >= 0.3 is 7.60 Å². The van der Waals surface area contributed by atoms with Crippen molar-refractivity contribution in [1.82, 2.24) is 5.32 Å². The van der Waals surface area contributed by atoms with E-state index in [-0.39, 0.29) is 6.04 Å². The summed E-state index contributed by atoms with van der Waals surface area (Å²) >= 11 is 0. The van der Waals surface area contributed by atoms with Gasteiger partial charge in [0.2, 0.25) is 0 Å². The summed E-state index contributed by atoms with van der Waals surface area (Å²) in [4.78, 5) is 19.1. The third-order valence-electron chi connectivity index (χ3n) is 3.66. The van der Waals surface area contributed by atoms with Gasteiger partial charge in [-0.15, -0.1) is 0 Å².